The highest BCUT2D eigenvalue weighted by atomic mass is 19.1. The monoisotopic (exact) mass is 674 g/mol. The molecule has 4 aromatic carbocycles. The van der Waals surface area contributed by atoms with Crippen LogP contribution in [0.1, 0.15) is 77.4 Å². The van der Waals surface area contributed by atoms with E-state index in [9.17, 15) is 4.79 Å². The van der Waals surface area contributed by atoms with Crippen LogP contribution in [0, 0.1) is 0 Å². The molecule has 50 heavy (non-hydrogen) atoms. The fraction of sp³-hybridized carbons (Fsp3) is 0.419. The predicted octanol–water partition coefficient (Wildman–Crippen LogP) is 7.83. The van der Waals surface area contributed by atoms with Crippen LogP contribution in [0.15, 0.2) is 109 Å². The first kappa shape index (κ1) is 33.1. The van der Waals surface area contributed by atoms with Crippen molar-refractivity contribution in [2.45, 2.75) is 73.8 Å². The van der Waals surface area contributed by atoms with Gasteiger partial charge in [-0.3, -0.25) is 4.79 Å². The second-order valence-corrected chi connectivity index (χ2v) is 15.1. The van der Waals surface area contributed by atoms with Crippen LogP contribution in [0.4, 0.5) is 20.2 Å². The third-order valence-corrected chi connectivity index (χ3v) is 11.7. The number of halogens is 2. The van der Waals surface area contributed by atoms with Crippen LogP contribution in [0.2, 0.25) is 0 Å². The Kier molecular flexibility index (Phi) is 9.21. The summed E-state index contributed by atoms with van der Waals surface area (Å²) in [6.45, 7) is 2.96. The molecule has 4 aliphatic rings. The number of carbonyl (C=O) groups is 1. The van der Waals surface area contributed by atoms with Gasteiger partial charge in [-0.2, -0.15) is 0 Å². The van der Waals surface area contributed by atoms with E-state index in [0.717, 1.165) is 24.2 Å². The van der Waals surface area contributed by atoms with Crippen molar-refractivity contribution in [2.24, 2.45) is 0 Å². The lowest BCUT2D eigenvalue weighted by molar-refractivity contribution is 0.103. The lowest BCUT2D eigenvalue weighted by Crippen LogP contribution is -2.48. The molecule has 2 N–H and O–H groups in total. The van der Waals surface area contributed by atoms with Gasteiger partial charge in [0.05, 0.1) is 0 Å². The number of para-hydroxylation sites is 2. The van der Waals surface area contributed by atoms with Crippen molar-refractivity contribution in [2.75, 3.05) is 49.1 Å². The van der Waals surface area contributed by atoms with Crippen molar-refractivity contribution in [3.05, 3.63) is 131 Å². The third-order valence-electron chi connectivity index (χ3n) is 11.7. The van der Waals surface area contributed by atoms with E-state index in [1.54, 1.807) is 0 Å². The minimum absolute atomic E-state index is 0.0462. The summed E-state index contributed by atoms with van der Waals surface area (Å²) in [5.41, 5.74) is 3.10. The van der Waals surface area contributed by atoms with E-state index in [-0.39, 0.29) is 5.78 Å². The number of nitrogens with one attached hydrogen (secondary N) is 2. The van der Waals surface area contributed by atoms with E-state index in [1.807, 2.05) is 60.7 Å². The van der Waals surface area contributed by atoms with Crippen molar-refractivity contribution >= 4 is 17.2 Å². The molecule has 2 aliphatic carbocycles. The maximum absolute atomic E-state index is 16.0. The molecule has 2 saturated heterocycles. The number of piperidine rings is 2. The number of alkyl halides is 2. The molecule has 7 heteroatoms. The van der Waals surface area contributed by atoms with Gasteiger partial charge in [-0.05, 0) is 48.2 Å². The van der Waals surface area contributed by atoms with Crippen molar-refractivity contribution in [3.63, 3.8) is 0 Å². The molecule has 2 saturated carbocycles. The highest BCUT2D eigenvalue weighted by molar-refractivity contribution is 6.15. The van der Waals surface area contributed by atoms with Gasteiger partial charge in [0.25, 0.3) is 0 Å². The lowest BCUT2D eigenvalue weighted by Gasteiger charge is -2.39. The summed E-state index contributed by atoms with van der Waals surface area (Å²) >= 11 is 0. The Hall–Kier alpha value is -4.07. The van der Waals surface area contributed by atoms with E-state index in [4.69, 9.17) is 0 Å². The second-order valence-electron chi connectivity index (χ2n) is 15.1. The lowest BCUT2D eigenvalue weighted by atomic mass is 9.90. The summed E-state index contributed by atoms with van der Waals surface area (Å²) in [4.78, 5) is 18.6. The first-order chi connectivity index (χ1) is 24.4. The molecule has 2 aliphatic heterocycles. The van der Waals surface area contributed by atoms with Crippen LogP contribution in [0.5, 0.6) is 0 Å². The second kappa shape index (κ2) is 13.9. The number of hydrogen-bond donors (Lipinski definition) is 2. The summed E-state index contributed by atoms with van der Waals surface area (Å²) in [6.07, 6.45) is 3.79. The number of carbonyl (C=O) groups excluding carboxylic acids is 1. The molecule has 0 bridgehead atoms. The van der Waals surface area contributed by atoms with Crippen LogP contribution in [0.25, 0.3) is 0 Å². The molecule has 8 rings (SSSR count). The predicted molar refractivity (Wildman–Crippen MR) is 198 cm³/mol. The summed E-state index contributed by atoms with van der Waals surface area (Å²) in [6, 6.07) is 37.1. The van der Waals surface area contributed by atoms with Crippen LogP contribution in [-0.4, -0.2) is 68.5 Å². The average Bonchev–Trinajstić information content (AvgIpc) is 4.11. The Morgan fingerprint density at radius 1 is 0.560 bits per heavy atom. The van der Waals surface area contributed by atoms with Gasteiger partial charge in [0, 0.05) is 111 Å². The number of anilines is 2. The summed E-state index contributed by atoms with van der Waals surface area (Å²) in [5.74, 6) is 0.903. The standard InChI is InChI=1S/C43H48F2N4O/c44-42(29-46-37-27-35(37)31-11-3-1-4-12-31)19-23-48(24-20-42)39-17-9-7-15-33(39)41(50)34-16-8-10-18-40(34)49-25-21-43(45,22-26-49)30-47-38-28-36(38)32-13-5-2-6-14-32/h1-18,35-38,46-47H,19-30H2/t35-,36-,37+,38+/m0/s1. The van der Waals surface area contributed by atoms with Gasteiger partial charge in [-0.1, -0.05) is 84.9 Å². The maximum atomic E-state index is 16.0. The van der Waals surface area contributed by atoms with Crippen LogP contribution in [-0.2, 0) is 0 Å². The van der Waals surface area contributed by atoms with Gasteiger partial charge in [0.2, 0.25) is 0 Å². The van der Waals surface area contributed by atoms with Crippen molar-refractivity contribution in [1.82, 2.24) is 10.6 Å². The fourth-order valence-electron chi connectivity index (χ4n) is 8.28. The molecule has 0 radical (unpaired) electrons. The molecule has 0 amide bonds. The zero-order chi connectivity index (χ0) is 34.1. The molecule has 0 aromatic heterocycles. The minimum Gasteiger partial charge on any atom is -0.371 e. The smallest absolute Gasteiger partial charge is 0.197 e. The Balaban J connectivity index is 0.871. The number of hydrogen-bond acceptors (Lipinski definition) is 5. The molecule has 2 heterocycles. The van der Waals surface area contributed by atoms with Crippen molar-refractivity contribution < 1.29 is 13.6 Å². The van der Waals surface area contributed by atoms with E-state index in [1.165, 1.54) is 11.1 Å². The largest absolute Gasteiger partial charge is 0.371 e. The van der Waals surface area contributed by atoms with E-state index < -0.39 is 11.3 Å². The summed E-state index contributed by atoms with van der Waals surface area (Å²) in [7, 11) is 0. The summed E-state index contributed by atoms with van der Waals surface area (Å²) < 4.78 is 32.0. The first-order valence-electron chi connectivity index (χ1n) is 18.6. The van der Waals surface area contributed by atoms with E-state index >= 15 is 8.78 Å². The average molecular weight is 675 g/mol. The molecule has 4 fully saturated rings. The van der Waals surface area contributed by atoms with Crippen LogP contribution >= 0.6 is 0 Å². The number of rotatable bonds is 12. The van der Waals surface area contributed by atoms with Crippen LogP contribution in [0.3, 0.4) is 0 Å². The van der Waals surface area contributed by atoms with Gasteiger partial charge in [0.1, 0.15) is 11.3 Å². The molecule has 0 unspecified atom stereocenters. The first-order valence-corrected chi connectivity index (χ1v) is 18.6. The highest BCUT2D eigenvalue weighted by Gasteiger charge is 2.43. The van der Waals surface area contributed by atoms with Crippen molar-refractivity contribution in [1.29, 1.82) is 0 Å². The minimum atomic E-state index is -1.26. The SMILES string of the molecule is O=C(c1ccccc1N1CCC(F)(CN[C@@H]2C[C@H]2c2ccccc2)CC1)c1ccccc1N1CCC(F)(CN[C@@H]2C[C@H]2c2ccccc2)CC1. The molecule has 4 atom stereocenters. The molecule has 260 valence electrons. The van der Waals surface area contributed by atoms with Gasteiger partial charge < -0.3 is 20.4 Å². The van der Waals surface area contributed by atoms with Gasteiger partial charge >= 0.3 is 0 Å². The fourth-order valence-corrected chi connectivity index (χ4v) is 8.28. The molecular formula is C43H48F2N4O. The zero-order valence-corrected chi connectivity index (χ0v) is 28.7. The van der Waals surface area contributed by atoms with Gasteiger partial charge in [-0.25, -0.2) is 8.78 Å². The number of ketones is 1. The van der Waals surface area contributed by atoms with Crippen molar-refractivity contribution in [3.8, 4) is 0 Å². The number of nitrogens with zero attached hydrogens (tertiary/aromatic N) is 2. The van der Waals surface area contributed by atoms with E-state index in [2.05, 4.69) is 69.0 Å². The normalized spacial score (nSPS) is 25.2. The Morgan fingerprint density at radius 3 is 1.32 bits per heavy atom. The third kappa shape index (κ3) is 7.22. The molecule has 0 spiro atoms. The maximum Gasteiger partial charge on any atom is 0.197 e. The molecular weight excluding hydrogens is 626 g/mol. The number of benzene rings is 4. The van der Waals surface area contributed by atoms with Crippen LogP contribution < -0.4 is 20.4 Å². The van der Waals surface area contributed by atoms with Gasteiger partial charge in [-0.15, -0.1) is 0 Å². The van der Waals surface area contributed by atoms with E-state index in [0.29, 0.717) is 100.0 Å². The highest BCUT2D eigenvalue weighted by Crippen LogP contribution is 2.43. The molecule has 5 nitrogen and oxygen atoms in total. The quantitative estimate of drug-likeness (QED) is 0.150. The molecule has 4 aromatic rings. The zero-order valence-electron chi connectivity index (χ0n) is 28.7. The topological polar surface area (TPSA) is 47.6 Å². The Bertz CT molecular complexity index is 1640. The van der Waals surface area contributed by atoms with Gasteiger partial charge in [0.15, 0.2) is 5.78 Å². The summed E-state index contributed by atoms with van der Waals surface area (Å²) in [5, 5.41) is 7.01. The Morgan fingerprint density at radius 2 is 0.920 bits per heavy atom. The Labute approximate surface area is 295 Å².